The fourth-order valence-corrected chi connectivity index (χ4v) is 2.93. The molecule has 0 unspecified atom stereocenters. The van der Waals surface area contributed by atoms with Crippen molar-refractivity contribution in [1.82, 2.24) is 5.32 Å². The van der Waals surface area contributed by atoms with Crippen molar-refractivity contribution in [2.45, 2.75) is 11.1 Å². The average Bonchev–Trinajstić information content (AvgIpc) is 2.53. The van der Waals surface area contributed by atoms with E-state index in [1.54, 1.807) is 0 Å². The Kier molecular flexibility index (Phi) is 4.83. The van der Waals surface area contributed by atoms with E-state index in [4.69, 9.17) is 0 Å². The highest BCUT2D eigenvalue weighted by molar-refractivity contribution is 7.92. The van der Waals surface area contributed by atoms with Gasteiger partial charge in [-0.2, -0.15) is 13.2 Å². The Morgan fingerprint density at radius 2 is 1.50 bits per heavy atom. The first kappa shape index (κ1) is 17.8. The van der Waals surface area contributed by atoms with Gasteiger partial charge in [-0.1, -0.05) is 0 Å². The Hall–Kier alpha value is -2.55. The third-order valence-corrected chi connectivity index (χ3v) is 4.52. The van der Waals surface area contributed by atoms with Gasteiger partial charge in [0.2, 0.25) is 0 Å². The predicted octanol–water partition coefficient (Wildman–Crippen LogP) is 2.87. The highest BCUT2D eigenvalue weighted by Gasteiger charge is 2.30. The van der Waals surface area contributed by atoms with E-state index >= 15 is 0 Å². The van der Waals surface area contributed by atoms with E-state index in [1.165, 1.54) is 31.3 Å². The van der Waals surface area contributed by atoms with Gasteiger partial charge >= 0.3 is 6.18 Å². The molecule has 0 aliphatic carbocycles. The van der Waals surface area contributed by atoms with E-state index in [-0.39, 0.29) is 22.1 Å². The van der Waals surface area contributed by atoms with Gasteiger partial charge in [0.05, 0.1) is 10.5 Å². The van der Waals surface area contributed by atoms with E-state index in [2.05, 4.69) is 10.0 Å². The summed E-state index contributed by atoms with van der Waals surface area (Å²) in [4.78, 5) is 11.3. The summed E-state index contributed by atoms with van der Waals surface area (Å²) in [6.07, 6.45) is -4.49. The van der Waals surface area contributed by atoms with Crippen LogP contribution in [0.1, 0.15) is 15.9 Å². The Morgan fingerprint density at radius 1 is 0.958 bits per heavy atom. The van der Waals surface area contributed by atoms with Crippen LogP contribution in [0.2, 0.25) is 0 Å². The van der Waals surface area contributed by atoms with Crippen LogP contribution in [-0.2, 0) is 16.2 Å². The van der Waals surface area contributed by atoms with Crippen LogP contribution in [0, 0.1) is 0 Å². The molecule has 2 rings (SSSR count). The summed E-state index contributed by atoms with van der Waals surface area (Å²) < 4.78 is 64.0. The molecule has 9 heteroatoms. The number of rotatable bonds is 4. The van der Waals surface area contributed by atoms with Crippen LogP contribution < -0.4 is 10.0 Å². The first-order chi connectivity index (χ1) is 11.1. The summed E-state index contributed by atoms with van der Waals surface area (Å²) in [5.74, 6) is -0.366. The van der Waals surface area contributed by atoms with Crippen LogP contribution >= 0.6 is 0 Å². The molecule has 5 nitrogen and oxygen atoms in total. The molecule has 0 atom stereocenters. The monoisotopic (exact) mass is 358 g/mol. The van der Waals surface area contributed by atoms with E-state index in [9.17, 15) is 26.4 Å². The second-order valence-electron chi connectivity index (χ2n) is 4.78. The summed E-state index contributed by atoms with van der Waals surface area (Å²) in [7, 11) is -2.53. The molecule has 2 aromatic rings. The van der Waals surface area contributed by atoms with Crippen LogP contribution in [0.3, 0.4) is 0 Å². The number of anilines is 1. The maximum absolute atomic E-state index is 12.5. The van der Waals surface area contributed by atoms with Crippen molar-refractivity contribution in [1.29, 1.82) is 0 Å². The van der Waals surface area contributed by atoms with E-state index < -0.39 is 21.8 Å². The molecule has 0 heterocycles. The summed E-state index contributed by atoms with van der Waals surface area (Å²) in [5.41, 5.74) is -0.593. The lowest BCUT2D eigenvalue weighted by Gasteiger charge is -2.10. The van der Waals surface area contributed by atoms with E-state index in [0.717, 1.165) is 24.3 Å². The maximum atomic E-state index is 12.5. The van der Waals surface area contributed by atoms with Crippen molar-refractivity contribution in [3.8, 4) is 0 Å². The SMILES string of the molecule is CNC(=O)c1ccc(S(=O)(=O)Nc2ccc(C(F)(F)F)cc2)cc1. The summed E-state index contributed by atoms with van der Waals surface area (Å²) >= 11 is 0. The Balaban J connectivity index is 2.20. The first-order valence-corrected chi connectivity index (χ1v) is 8.14. The number of nitrogens with one attached hydrogen (secondary N) is 2. The van der Waals surface area contributed by atoms with Crippen molar-refractivity contribution in [3.63, 3.8) is 0 Å². The minimum Gasteiger partial charge on any atom is -0.355 e. The molecule has 24 heavy (non-hydrogen) atoms. The second kappa shape index (κ2) is 6.52. The number of carbonyl (C=O) groups is 1. The summed E-state index contributed by atoms with van der Waals surface area (Å²) in [5, 5.41) is 2.40. The van der Waals surface area contributed by atoms with Gasteiger partial charge in [0, 0.05) is 18.3 Å². The lowest BCUT2D eigenvalue weighted by Crippen LogP contribution is -2.18. The zero-order valence-electron chi connectivity index (χ0n) is 12.4. The Morgan fingerprint density at radius 3 is 1.96 bits per heavy atom. The van der Waals surface area contributed by atoms with Gasteiger partial charge in [0.1, 0.15) is 0 Å². The number of hydrogen-bond donors (Lipinski definition) is 2. The van der Waals surface area contributed by atoms with Crippen LogP contribution in [0.4, 0.5) is 18.9 Å². The fourth-order valence-electron chi connectivity index (χ4n) is 1.87. The number of benzene rings is 2. The minimum atomic E-state index is -4.49. The molecule has 0 saturated carbocycles. The number of hydrogen-bond acceptors (Lipinski definition) is 3. The molecule has 0 bridgehead atoms. The molecule has 0 aromatic heterocycles. The number of carbonyl (C=O) groups excluding carboxylic acids is 1. The third kappa shape index (κ3) is 4.05. The zero-order chi connectivity index (χ0) is 18.0. The topological polar surface area (TPSA) is 75.3 Å². The van der Waals surface area contributed by atoms with Gasteiger partial charge in [-0.05, 0) is 48.5 Å². The molecular formula is C15H13F3N2O3S. The standard InChI is InChI=1S/C15H13F3N2O3S/c1-19-14(21)10-2-8-13(9-3-10)24(22,23)20-12-6-4-11(5-7-12)15(16,17)18/h2-9,20H,1H3,(H,19,21). The largest absolute Gasteiger partial charge is 0.416 e. The Labute approximate surface area is 136 Å². The van der Waals surface area contributed by atoms with Crippen LogP contribution in [0.25, 0.3) is 0 Å². The van der Waals surface area contributed by atoms with Crippen molar-refractivity contribution < 1.29 is 26.4 Å². The van der Waals surface area contributed by atoms with Gasteiger partial charge in [0.15, 0.2) is 0 Å². The molecule has 0 aliphatic rings. The van der Waals surface area contributed by atoms with E-state index in [1.807, 2.05) is 0 Å². The molecule has 2 aromatic carbocycles. The quantitative estimate of drug-likeness (QED) is 0.883. The number of halogens is 3. The number of alkyl halides is 3. The van der Waals surface area contributed by atoms with Crippen LogP contribution in [0.15, 0.2) is 53.4 Å². The fraction of sp³-hybridized carbons (Fsp3) is 0.133. The van der Waals surface area contributed by atoms with Gasteiger partial charge in [0.25, 0.3) is 15.9 Å². The molecule has 128 valence electrons. The third-order valence-electron chi connectivity index (χ3n) is 3.12. The molecular weight excluding hydrogens is 345 g/mol. The maximum Gasteiger partial charge on any atom is 0.416 e. The molecule has 0 aliphatic heterocycles. The second-order valence-corrected chi connectivity index (χ2v) is 6.47. The van der Waals surface area contributed by atoms with Gasteiger partial charge < -0.3 is 5.32 Å². The molecule has 1 amide bonds. The van der Waals surface area contributed by atoms with Gasteiger partial charge in [-0.15, -0.1) is 0 Å². The Bertz CT molecular complexity index is 830. The van der Waals surface area contributed by atoms with Crippen LogP contribution in [0.5, 0.6) is 0 Å². The van der Waals surface area contributed by atoms with Crippen molar-refractivity contribution in [3.05, 3.63) is 59.7 Å². The lowest BCUT2D eigenvalue weighted by molar-refractivity contribution is -0.137. The van der Waals surface area contributed by atoms with Crippen LogP contribution in [-0.4, -0.2) is 21.4 Å². The molecule has 0 saturated heterocycles. The smallest absolute Gasteiger partial charge is 0.355 e. The molecule has 0 spiro atoms. The highest BCUT2D eigenvalue weighted by Crippen LogP contribution is 2.30. The number of amides is 1. The van der Waals surface area contributed by atoms with Crippen molar-refractivity contribution in [2.24, 2.45) is 0 Å². The predicted molar refractivity (Wildman–Crippen MR) is 82.1 cm³/mol. The van der Waals surface area contributed by atoms with Gasteiger partial charge in [-0.25, -0.2) is 8.42 Å². The molecule has 2 N–H and O–H groups in total. The van der Waals surface area contributed by atoms with Gasteiger partial charge in [-0.3, -0.25) is 9.52 Å². The summed E-state index contributed by atoms with van der Waals surface area (Å²) in [6, 6.07) is 8.76. The number of sulfonamides is 1. The highest BCUT2D eigenvalue weighted by atomic mass is 32.2. The lowest BCUT2D eigenvalue weighted by atomic mass is 10.2. The summed E-state index contributed by atoms with van der Waals surface area (Å²) in [6.45, 7) is 0. The first-order valence-electron chi connectivity index (χ1n) is 6.66. The van der Waals surface area contributed by atoms with Crippen molar-refractivity contribution in [2.75, 3.05) is 11.8 Å². The van der Waals surface area contributed by atoms with E-state index in [0.29, 0.717) is 0 Å². The van der Waals surface area contributed by atoms with Crippen molar-refractivity contribution >= 4 is 21.6 Å². The minimum absolute atomic E-state index is 0.00150. The zero-order valence-corrected chi connectivity index (χ0v) is 13.2. The molecule has 0 fully saturated rings. The normalized spacial score (nSPS) is 11.8. The molecule has 0 radical (unpaired) electrons. The average molecular weight is 358 g/mol.